The Hall–Kier alpha value is -1.23. The number of hydrogen-bond donors (Lipinski definition) is 3. The summed E-state index contributed by atoms with van der Waals surface area (Å²) in [4.78, 5) is 12.6. The molecule has 1 aliphatic carbocycles. The predicted octanol–water partition coefficient (Wildman–Crippen LogP) is 3.46. The van der Waals surface area contributed by atoms with Gasteiger partial charge in [0.1, 0.15) is 4.88 Å². The van der Waals surface area contributed by atoms with Crippen LogP contribution in [0.2, 0.25) is 0 Å². The highest BCUT2D eigenvalue weighted by Crippen LogP contribution is 2.32. The fourth-order valence-corrected chi connectivity index (χ4v) is 3.55. The Morgan fingerprint density at radius 3 is 2.75 bits per heavy atom. The molecule has 0 spiro atoms. The molecule has 1 aromatic heterocycles. The maximum atomic E-state index is 12.0. The van der Waals surface area contributed by atoms with E-state index < -0.39 is 0 Å². The third kappa shape index (κ3) is 3.88. The Morgan fingerprint density at radius 2 is 2.10 bits per heavy atom. The van der Waals surface area contributed by atoms with Gasteiger partial charge in [-0.2, -0.15) is 0 Å². The second kappa shape index (κ2) is 6.97. The van der Waals surface area contributed by atoms with Crippen molar-refractivity contribution in [2.45, 2.75) is 52.0 Å². The molecule has 5 heteroatoms. The smallest absolute Gasteiger partial charge is 0.263 e. The number of rotatable bonds is 5. The SMILES string of the molecule is CCCNC(=O)c1sc(NC2CCC(C)CC2)cc1N. The average Bonchev–Trinajstić information content (AvgIpc) is 2.79. The van der Waals surface area contributed by atoms with E-state index in [4.69, 9.17) is 5.73 Å². The minimum Gasteiger partial charge on any atom is -0.397 e. The first-order valence-electron chi connectivity index (χ1n) is 7.54. The second-order valence-electron chi connectivity index (χ2n) is 5.75. The molecule has 0 atom stereocenters. The molecule has 0 saturated heterocycles. The summed E-state index contributed by atoms with van der Waals surface area (Å²) in [6.07, 6.45) is 5.90. The van der Waals surface area contributed by atoms with Gasteiger partial charge >= 0.3 is 0 Å². The summed E-state index contributed by atoms with van der Waals surface area (Å²) >= 11 is 1.46. The quantitative estimate of drug-likeness (QED) is 0.779. The van der Waals surface area contributed by atoms with E-state index in [2.05, 4.69) is 17.6 Å². The molecule has 0 unspecified atom stereocenters. The zero-order valence-electron chi connectivity index (χ0n) is 12.4. The molecular weight excluding hydrogens is 270 g/mol. The number of nitrogen functional groups attached to an aromatic ring is 1. The van der Waals surface area contributed by atoms with Crippen LogP contribution in [0.25, 0.3) is 0 Å². The standard InChI is InChI=1S/C15H25N3OS/c1-3-8-17-15(19)14-12(16)9-13(20-14)18-11-6-4-10(2)5-7-11/h9-11,18H,3-8,16H2,1-2H3,(H,17,19). The van der Waals surface area contributed by atoms with Crippen molar-refractivity contribution >= 4 is 27.9 Å². The van der Waals surface area contributed by atoms with E-state index in [-0.39, 0.29) is 5.91 Å². The number of anilines is 2. The molecular formula is C15H25N3OS. The van der Waals surface area contributed by atoms with Crippen molar-refractivity contribution in [3.63, 3.8) is 0 Å². The molecule has 20 heavy (non-hydrogen) atoms. The largest absolute Gasteiger partial charge is 0.397 e. The van der Waals surface area contributed by atoms with Crippen LogP contribution in [0, 0.1) is 5.92 Å². The first-order chi connectivity index (χ1) is 9.60. The van der Waals surface area contributed by atoms with Crippen LogP contribution in [0.15, 0.2) is 6.07 Å². The first-order valence-corrected chi connectivity index (χ1v) is 8.35. The van der Waals surface area contributed by atoms with Crippen molar-refractivity contribution in [3.8, 4) is 0 Å². The van der Waals surface area contributed by atoms with Gasteiger partial charge in [0.15, 0.2) is 0 Å². The van der Waals surface area contributed by atoms with Crippen molar-refractivity contribution in [1.82, 2.24) is 5.32 Å². The highest BCUT2D eigenvalue weighted by atomic mass is 32.1. The fourth-order valence-electron chi connectivity index (χ4n) is 2.58. The van der Waals surface area contributed by atoms with Crippen LogP contribution in [-0.2, 0) is 0 Å². The lowest BCUT2D eigenvalue weighted by atomic mass is 9.87. The number of thiophene rings is 1. The fraction of sp³-hybridized carbons (Fsp3) is 0.667. The lowest BCUT2D eigenvalue weighted by molar-refractivity contribution is 0.0958. The number of hydrogen-bond acceptors (Lipinski definition) is 4. The van der Waals surface area contributed by atoms with E-state index in [0.29, 0.717) is 23.2 Å². The van der Waals surface area contributed by atoms with E-state index in [1.165, 1.54) is 37.0 Å². The lowest BCUT2D eigenvalue weighted by Crippen LogP contribution is -2.24. The van der Waals surface area contributed by atoms with E-state index in [1.807, 2.05) is 13.0 Å². The Kier molecular flexibility index (Phi) is 5.29. The van der Waals surface area contributed by atoms with Crippen molar-refractivity contribution in [1.29, 1.82) is 0 Å². The summed E-state index contributed by atoms with van der Waals surface area (Å²) in [6.45, 7) is 5.05. The van der Waals surface area contributed by atoms with Crippen LogP contribution in [0.1, 0.15) is 55.6 Å². The molecule has 0 aromatic carbocycles. The molecule has 4 N–H and O–H groups in total. The monoisotopic (exact) mass is 295 g/mol. The number of carbonyl (C=O) groups excluding carboxylic acids is 1. The highest BCUT2D eigenvalue weighted by Gasteiger charge is 2.20. The maximum Gasteiger partial charge on any atom is 0.263 e. The Labute approximate surface area is 125 Å². The number of nitrogens with one attached hydrogen (secondary N) is 2. The molecule has 2 rings (SSSR count). The number of amides is 1. The van der Waals surface area contributed by atoms with Crippen molar-refractivity contribution in [3.05, 3.63) is 10.9 Å². The molecule has 1 saturated carbocycles. The number of nitrogens with two attached hydrogens (primary N) is 1. The van der Waals surface area contributed by atoms with Crippen LogP contribution in [-0.4, -0.2) is 18.5 Å². The minimum absolute atomic E-state index is 0.0559. The van der Waals surface area contributed by atoms with Gasteiger partial charge < -0.3 is 16.4 Å². The predicted molar refractivity (Wildman–Crippen MR) is 86.4 cm³/mol. The third-order valence-electron chi connectivity index (χ3n) is 3.86. The molecule has 1 aromatic rings. The topological polar surface area (TPSA) is 67.2 Å². The Balaban J connectivity index is 1.94. The van der Waals surface area contributed by atoms with Gasteiger partial charge in [0.05, 0.1) is 10.7 Å². The molecule has 1 aliphatic rings. The molecule has 4 nitrogen and oxygen atoms in total. The third-order valence-corrected chi connectivity index (χ3v) is 4.95. The van der Waals surface area contributed by atoms with Crippen molar-refractivity contribution < 1.29 is 4.79 Å². The van der Waals surface area contributed by atoms with Crippen molar-refractivity contribution in [2.75, 3.05) is 17.6 Å². The second-order valence-corrected chi connectivity index (χ2v) is 6.80. The van der Waals surface area contributed by atoms with E-state index >= 15 is 0 Å². The van der Waals surface area contributed by atoms with Gasteiger partial charge in [-0.1, -0.05) is 13.8 Å². The summed E-state index contributed by atoms with van der Waals surface area (Å²) in [5, 5.41) is 7.43. The summed E-state index contributed by atoms with van der Waals surface area (Å²) in [7, 11) is 0. The van der Waals surface area contributed by atoms with Gasteiger partial charge in [0.25, 0.3) is 5.91 Å². The van der Waals surface area contributed by atoms with Crippen LogP contribution in [0.5, 0.6) is 0 Å². The first kappa shape index (κ1) is 15.2. The van der Waals surface area contributed by atoms with Gasteiger partial charge in [-0.05, 0) is 44.1 Å². The van der Waals surface area contributed by atoms with Crippen LogP contribution in [0.3, 0.4) is 0 Å². The minimum atomic E-state index is -0.0559. The maximum absolute atomic E-state index is 12.0. The van der Waals surface area contributed by atoms with Gasteiger partial charge in [-0.25, -0.2) is 0 Å². The summed E-state index contributed by atoms with van der Waals surface area (Å²) in [5.74, 6) is 0.788. The summed E-state index contributed by atoms with van der Waals surface area (Å²) < 4.78 is 0. The van der Waals surface area contributed by atoms with Crippen molar-refractivity contribution in [2.24, 2.45) is 5.92 Å². The van der Waals surface area contributed by atoms with E-state index in [1.54, 1.807) is 0 Å². The zero-order valence-corrected chi connectivity index (χ0v) is 13.2. The highest BCUT2D eigenvalue weighted by molar-refractivity contribution is 7.18. The molecule has 112 valence electrons. The molecule has 1 amide bonds. The van der Waals surface area contributed by atoms with Gasteiger partial charge in [0, 0.05) is 12.6 Å². The molecule has 0 radical (unpaired) electrons. The molecule has 1 heterocycles. The van der Waals surface area contributed by atoms with Gasteiger partial charge in [-0.3, -0.25) is 4.79 Å². The van der Waals surface area contributed by atoms with Crippen LogP contribution < -0.4 is 16.4 Å². The van der Waals surface area contributed by atoms with Crippen LogP contribution >= 0.6 is 11.3 Å². The summed E-state index contributed by atoms with van der Waals surface area (Å²) in [6, 6.07) is 2.42. The van der Waals surface area contributed by atoms with Gasteiger partial charge in [-0.15, -0.1) is 11.3 Å². The normalized spacial score (nSPS) is 22.5. The Bertz CT molecular complexity index is 450. The number of carbonyl (C=O) groups is 1. The Morgan fingerprint density at radius 1 is 1.40 bits per heavy atom. The average molecular weight is 295 g/mol. The van der Waals surface area contributed by atoms with E-state index in [9.17, 15) is 4.79 Å². The van der Waals surface area contributed by atoms with Gasteiger partial charge in [0.2, 0.25) is 0 Å². The van der Waals surface area contributed by atoms with E-state index in [0.717, 1.165) is 17.3 Å². The molecule has 0 bridgehead atoms. The zero-order chi connectivity index (χ0) is 14.5. The lowest BCUT2D eigenvalue weighted by Gasteiger charge is -2.27. The molecule has 1 fully saturated rings. The van der Waals surface area contributed by atoms with Crippen LogP contribution in [0.4, 0.5) is 10.7 Å². The summed E-state index contributed by atoms with van der Waals surface area (Å²) in [5.41, 5.74) is 6.53. The molecule has 0 aliphatic heterocycles.